The van der Waals surface area contributed by atoms with Crippen LogP contribution in [0.5, 0.6) is 0 Å². The van der Waals surface area contributed by atoms with Gasteiger partial charge in [-0.05, 0) is 43.3 Å². The number of hydrogen-bond donors (Lipinski definition) is 1. The molecule has 1 saturated heterocycles. The number of carbonyl (C=O) groups is 1. The van der Waals surface area contributed by atoms with E-state index in [0.717, 1.165) is 31.6 Å². The van der Waals surface area contributed by atoms with E-state index in [1.807, 2.05) is 4.68 Å². The Hall–Kier alpha value is -2.84. The highest BCUT2D eigenvalue weighted by Gasteiger charge is 2.20. The summed E-state index contributed by atoms with van der Waals surface area (Å²) in [4.78, 5) is 17.8. The summed E-state index contributed by atoms with van der Waals surface area (Å²) in [5.74, 6) is -1.36. The lowest BCUT2D eigenvalue weighted by Gasteiger charge is -2.30. The predicted molar refractivity (Wildman–Crippen MR) is 106 cm³/mol. The number of aromatic nitrogens is 3. The molecular formula is C21H23FN4O3. The van der Waals surface area contributed by atoms with Crippen LogP contribution < -0.4 is 0 Å². The van der Waals surface area contributed by atoms with E-state index >= 15 is 0 Å². The molecule has 1 fully saturated rings. The minimum absolute atomic E-state index is 0.133. The van der Waals surface area contributed by atoms with E-state index in [0.29, 0.717) is 23.2 Å². The summed E-state index contributed by atoms with van der Waals surface area (Å²) in [7, 11) is 2.08. The van der Waals surface area contributed by atoms with Crippen molar-refractivity contribution in [1.29, 1.82) is 0 Å². The number of carboxylic acid groups (broad SMARTS) is 1. The fourth-order valence-corrected chi connectivity index (χ4v) is 3.78. The second kappa shape index (κ2) is 8.26. The maximum absolute atomic E-state index is 13.9. The molecule has 1 N–H and O–H groups in total. The molecular weight excluding hydrogens is 375 g/mol. The van der Waals surface area contributed by atoms with Gasteiger partial charge in [-0.2, -0.15) is 5.10 Å². The highest BCUT2D eigenvalue weighted by Crippen LogP contribution is 2.24. The maximum Gasteiger partial charge on any atom is 0.336 e. The average Bonchev–Trinajstić information content (AvgIpc) is 3.03. The third-order valence-corrected chi connectivity index (χ3v) is 5.29. The summed E-state index contributed by atoms with van der Waals surface area (Å²) in [5, 5.41) is 14.8. The van der Waals surface area contributed by atoms with Gasteiger partial charge >= 0.3 is 5.97 Å². The molecule has 3 aromatic rings. The summed E-state index contributed by atoms with van der Waals surface area (Å²) < 4.78 is 21.6. The molecule has 0 radical (unpaired) electrons. The number of benzene rings is 1. The lowest BCUT2D eigenvalue weighted by molar-refractivity contribution is -0.0253. The number of hydrogen-bond acceptors (Lipinski definition) is 5. The van der Waals surface area contributed by atoms with E-state index in [9.17, 15) is 14.3 Å². The quantitative estimate of drug-likeness (QED) is 0.688. The molecule has 152 valence electrons. The number of pyridine rings is 1. The second-order valence-electron chi connectivity index (χ2n) is 7.39. The third-order valence-electron chi connectivity index (χ3n) is 5.29. The van der Waals surface area contributed by atoms with Crippen LogP contribution in [0, 0.1) is 5.82 Å². The lowest BCUT2D eigenvalue weighted by Crippen LogP contribution is -2.40. The molecule has 0 bridgehead atoms. The highest BCUT2D eigenvalue weighted by molar-refractivity contribution is 5.89. The number of aromatic carboxylic acids is 1. The second-order valence-corrected chi connectivity index (χ2v) is 7.39. The van der Waals surface area contributed by atoms with E-state index in [-0.39, 0.29) is 23.9 Å². The van der Waals surface area contributed by atoms with Gasteiger partial charge in [-0.3, -0.25) is 9.67 Å². The molecule has 7 nitrogen and oxygen atoms in total. The standard InChI is InChI=1S/C21H23FN4O3/c1-25-8-9-29-16(13-25)5-7-26-20-3-2-15(22)11-18(20)19(24-26)10-14-12-23-6-4-17(14)21(27)28/h2-4,6,11-12,16H,5,7-10,13H2,1H3,(H,27,28). The molecule has 1 unspecified atom stereocenters. The average molecular weight is 398 g/mol. The van der Waals surface area contributed by atoms with Crippen LogP contribution in [-0.2, 0) is 17.7 Å². The Bertz CT molecular complexity index is 1040. The van der Waals surface area contributed by atoms with Crippen molar-refractivity contribution in [3.63, 3.8) is 0 Å². The summed E-state index contributed by atoms with van der Waals surface area (Å²) in [5.41, 5.74) is 2.19. The number of likely N-dealkylation sites (N-methyl/N-ethyl adjacent to an activating group) is 1. The van der Waals surface area contributed by atoms with Crippen LogP contribution in [0.1, 0.15) is 28.0 Å². The predicted octanol–water partition coefficient (Wildman–Crippen LogP) is 2.58. The number of aryl methyl sites for hydroxylation is 1. The number of carboxylic acids is 1. The van der Waals surface area contributed by atoms with E-state index in [1.54, 1.807) is 6.07 Å². The van der Waals surface area contributed by atoms with Gasteiger partial charge in [-0.25, -0.2) is 9.18 Å². The molecule has 0 spiro atoms. The fourth-order valence-electron chi connectivity index (χ4n) is 3.78. The van der Waals surface area contributed by atoms with Crippen molar-refractivity contribution in [1.82, 2.24) is 19.7 Å². The van der Waals surface area contributed by atoms with Crippen molar-refractivity contribution in [2.75, 3.05) is 26.7 Å². The topological polar surface area (TPSA) is 80.5 Å². The number of ether oxygens (including phenoxy) is 1. The lowest BCUT2D eigenvalue weighted by atomic mass is 10.0. The van der Waals surface area contributed by atoms with E-state index in [1.165, 1.54) is 30.6 Å². The summed E-state index contributed by atoms with van der Waals surface area (Å²) >= 11 is 0. The van der Waals surface area contributed by atoms with Gasteiger partial charge in [0.25, 0.3) is 0 Å². The van der Waals surface area contributed by atoms with Crippen molar-refractivity contribution >= 4 is 16.9 Å². The fraction of sp³-hybridized carbons (Fsp3) is 0.381. The van der Waals surface area contributed by atoms with Crippen molar-refractivity contribution in [2.45, 2.75) is 25.5 Å². The number of rotatable bonds is 6. The van der Waals surface area contributed by atoms with E-state index in [4.69, 9.17) is 4.74 Å². The smallest absolute Gasteiger partial charge is 0.336 e. The van der Waals surface area contributed by atoms with Crippen molar-refractivity contribution in [2.24, 2.45) is 0 Å². The minimum atomic E-state index is -1.02. The zero-order valence-electron chi connectivity index (χ0n) is 16.2. The monoisotopic (exact) mass is 398 g/mol. The first-order valence-electron chi connectivity index (χ1n) is 9.62. The van der Waals surface area contributed by atoms with Gasteiger partial charge in [0.05, 0.1) is 29.5 Å². The van der Waals surface area contributed by atoms with Crippen LogP contribution in [0.25, 0.3) is 10.9 Å². The van der Waals surface area contributed by atoms with Gasteiger partial charge in [0.1, 0.15) is 5.82 Å². The highest BCUT2D eigenvalue weighted by atomic mass is 19.1. The molecule has 29 heavy (non-hydrogen) atoms. The molecule has 0 amide bonds. The Kier molecular flexibility index (Phi) is 5.55. The molecule has 1 aliphatic rings. The van der Waals surface area contributed by atoms with Crippen LogP contribution in [0.3, 0.4) is 0 Å². The first-order chi connectivity index (χ1) is 14.0. The Morgan fingerprint density at radius 2 is 2.24 bits per heavy atom. The molecule has 2 aromatic heterocycles. The van der Waals surface area contributed by atoms with E-state index in [2.05, 4.69) is 22.0 Å². The molecule has 1 aliphatic heterocycles. The number of fused-ring (bicyclic) bond motifs is 1. The van der Waals surface area contributed by atoms with Crippen LogP contribution in [0.4, 0.5) is 4.39 Å². The number of nitrogens with zero attached hydrogens (tertiary/aromatic N) is 4. The zero-order chi connectivity index (χ0) is 20.4. The minimum Gasteiger partial charge on any atom is -0.478 e. The number of morpholine rings is 1. The van der Waals surface area contributed by atoms with Crippen LogP contribution in [-0.4, -0.2) is 63.6 Å². The van der Waals surface area contributed by atoms with Gasteiger partial charge in [-0.15, -0.1) is 0 Å². The Labute approximate surface area is 167 Å². The molecule has 0 aliphatic carbocycles. The van der Waals surface area contributed by atoms with Crippen LogP contribution in [0.15, 0.2) is 36.7 Å². The Balaban J connectivity index is 1.63. The molecule has 4 rings (SSSR count). The first kappa shape index (κ1) is 19.5. The summed E-state index contributed by atoms with van der Waals surface area (Å²) in [6.07, 6.45) is 4.17. The molecule has 0 saturated carbocycles. The van der Waals surface area contributed by atoms with Crippen LogP contribution in [0.2, 0.25) is 0 Å². The van der Waals surface area contributed by atoms with Gasteiger partial charge in [0.2, 0.25) is 0 Å². The van der Waals surface area contributed by atoms with Crippen molar-refractivity contribution in [3.8, 4) is 0 Å². The summed E-state index contributed by atoms with van der Waals surface area (Å²) in [6, 6.07) is 6.06. The normalized spacial score (nSPS) is 17.7. The van der Waals surface area contributed by atoms with Gasteiger partial charge < -0.3 is 14.7 Å². The summed E-state index contributed by atoms with van der Waals surface area (Å²) in [6.45, 7) is 3.16. The van der Waals surface area contributed by atoms with Gasteiger partial charge in [0.15, 0.2) is 0 Å². The van der Waals surface area contributed by atoms with Gasteiger partial charge in [0, 0.05) is 43.8 Å². The van der Waals surface area contributed by atoms with Gasteiger partial charge in [-0.1, -0.05) is 0 Å². The SMILES string of the molecule is CN1CCOC(CCn2nc(Cc3cnccc3C(=O)O)c3cc(F)ccc32)C1. The molecule has 1 atom stereocenters. The van der Waals surface area contributed by atoms with Crippen molar-refractivity contribution in [3.05, 3.63) is 59.3 Å². The van der Waals surface area contributed by atoms with E-state index < -0.39 is 5.97 Å². The molecule has 8 heteroatoms. The van der Waals surface area contributed by atoms with Crippen molar-refractivity contribution < 1.29 is 19.0 Å². The maximum atomic E-state index is 13.9. The Morgan fingerprint density at radius 3 is 3.03 bits per heavy atom. The third kappa shape index (κ3) is 4.28. The zero-order valence-corrected chi connectivity index (χ0v) is 16.2. The Morgan fingerprint density at radius 1 is 1.38 bits per heavy atom. The molecule has 1 aromatic carbocycles. The number of halogens is 1. The molecule has 3 heterocycles. The first-order valence-corrected chi connectivity index (χ1v) is 9.62. The largest absolute Gasteiger partial charge is 0.478 e. The van der Waals surface area contributed by atoms with Crippen LogP contribution >= 0.6 is 0 Å².